The van der Waals surface area contributed by atoms with Crippen LogP contribution in [-0.4, -0.2) is 22.6 Å². The number of esters is 1. The molecule has 0 aromatic heterocycles. The Morgan fingerprint density at radius 2 is 2.00 bits per heavy atom. The predicted molar refractivity (Wildman–Crippen MR) is 52.0 cm³/mol. The molecule has 0 radical (unpaired) electrons. The first kappa shape index (κ1) is 12.9. The highest BCUT2D eigenvalue weighted by molar-refractivity contribution is 6.19. The number of carbonyl (C=O) groups is 1. The zero-order valence-electron chi connectivity index (χ0n) is 8.20. The quantitative estimate of drug-likeness (QED) is 0.260. The van der Waals surface area contributed by atoms with Gasteiger partial charge in [-0.15, -0.1) is 16.5 Å². The van der Waals surface area contributed by atoms with E-state index in [9.17, 15) is 9.70 Å². The van der Waals surface area contributed by atoms with Crippen molar-refractivity contribution in [2.45, 2.75) is 26.4 Å². The van der Waals surface area contributed by atoms with Crippen LogP contribution in [0.3, 0.4) is 0 Å². The number of nitroso groups, excluding NO2 is 1. The Labute approximate surface area is 86.7 Å². The van der Waals surface area contributed by atoms with Gasteiger partial charge in [-0.05, 0) is 25.9 Å². The highest BCUT2D eigenvalue weighted by atomic mass is 35.5. The monoisotopic (exact) mass is 221 g/mol. The number of aliphatic hydroxyl groups excluding tert-OH is 1. The summed E-state index contributed by atoms with van der Waals surface area (Å²) in [4.78, 5) is 21.4. The molecule has 0 aromatic carbocycles. The minimum atomic E-state index is -0.981. The van der Waals surface area contributed by atoms with Gasteiger partial charge in [-0.25, -0.2) is 4.79 Å². The van der Waals surface area contributed by atoms with Crippen LogP contribution in [0.25, 0.3) is 0 Å². The summed E-state index contributed by atoms with van der Waals surface area (Å²) in [6, 6.07) is 0. The topological polar surface area (TPSA) is 76.0 Å². The summed E-state index contributed by atoms with van der Waals surface area (Å²) in [7, 11) is 0. The van der Waals surface area contributed by atoms with Crippen LogP contribution in [0.15, 0.2) is 16.6 Å². The second-order valence-electron chi connectivity index (χ2n) is 3.52. The van der Waals surface area contributed by atoms with Crippen molar-refractivity contribution >= 4 is 17.6 Å². The first-order valence-electron chi connectivity index (χ1n) is 3.86. The van der Waals surface area contributed by atoms with Gasteiger partial charge in [0, 0.05) is 0 Å². The molecule has 0 aliphatic rings. The van der Waals surface area contributed by atoms with E-state index in [0.717, 1.165) is 0 Å². The number of hydrogen-bond acceptors (Lipinski definition) is 5. The summed E-state index contributed by atoms with van der Waals surface area (Å²) in [5.74, 6) is -1.93. The van der Waals surface area contributed by atoms with Crippen LogP contribution in [0, 0.1) is 4.91 Å². The SMILES string of the molecule is CC(C)(C)OC(=O)C(N=O)=C(O)CCl. The fourth-order valence-corrected chi connectivity index (χ4v) is 0.724. The lowest BCUT2D eigenvalue weighted by atomic mass is 10.2. The summed E-state index contributed by atoms with van der Waals surface area (Å²) in [6.45, 7) is 4.89. The molecule has 0 spiro atoms. The van der Waals surface area contributed by atoms with Crippen LogP contribution in [0.1, 0.15) is 20.8 Å². The van der Waals surface area contributed by atoms with Crippen LogP contribution < -0.4 is 0 Å². The van der Waals surface area contributed by atoms with Crippen LogP contribution >= 0.6 is 11.6 Å². The van der Waals surface area contributed by atoms with Crippen molar-refractivity contribution in [2.75, 3.05) is 5.88 Å². The lowest BCUT2D eigenvalue weighted by Crippen LogP contribution is -2.25. The smallest absolute Gasteiger partial charge is 0.364 e. The van der Waals surface area contributed by atoms with Crippen LogP contribution in [0.4, 0.5) is 0 Å². The van der Waals surface area contributed by atoms with E-state index in [4.69, 9.17) is 21.4 Å². The van der Waals surface area contributed by atoms with E-state index in [0.29, 0.717) is 0 Å². The van der Waals surface area contributed by atoms with Crippen LogP contribution in [-0.2, 0) is 9.53 Å². The molecule has 0 bridgehead atoms. The first-order chi connectivity index (χ1) is 6.31. The summed E-state index contributed by atoms with van der Waals surface area (Å²) >= 11 is 5.23. The number of rotatable bonds is 3. The Morgan fingerprint density at radius 1 is 1.50 bits per heavy atom. The molecule has 0 rings (SSSR count). The van der Waals surface area contributed by atoms with E-state index < -0.39 is 23.0 Å². The van der Waals surface area contributed by atoms with E-state index in [1.807, 2.05) is 0 Å². The van der Waals surface area contributed by atoms with Gasteiger partial charge in [-0.1, -0.05) is 0 Å². The van der Waals surface area contributed by atoms with Crippen molar-refractivity contribution in [3.05, 3.63) is 16.4 Å². The van der Waals surface area contributed by atoms with E-state index >= 15 is 0 Å². The standard InChI is InChI=1S/C8H12ClNO4/c1-8(2,3)14-7(12)6(10-13)5(11)4-9/h11H,4H2,1-3H3. The second-order valence-corrected chi connectivity index (χ2v) is 3.79. The summed E-state index contributed by atoms with van der Waals surface area (Å²) < 4.78 is 4.80. The molecule has 5 nitrogen and oxygen atoms in total. The normalized spacial score (nSPS) is 13.1. The van der Waals surface area contributed by atoms with Gasteiger partial charge < -0.3 is 9.84 Å². The maximum absolute atomic E-state index is 11.2. The number of hydrogen-bond donors (Lipinski definition) is 1. The number of halogens is 1. The van der Waals surface area contributed by atoms with Gasteiger partial charge >= 0.3 is 5.97 Å². The molecular weight excluding hydrogens is 210 g/mol. The van der Waals surface area contributed by atoms with Gasteiger partial charge in [0.2, 0.25) is 5.70 Å². The Hall–Kier alpha value is -1.10. The number of carbonyl (C=O) groups excluding carboxylic acids is 1. The number of aliphatic hydroxyl groups is 1. The molecule has 0 aromatic rings. The highest BCUT2D eigenvalue weighted by Gasteiger charge is 2.23. The molecular formula is C8H12ClNO4. The number of ether oxygens (including phenoxy) is 1. The van der Waals surface area contributed by atoms with Gasteiger partial charge in [0.15, 0.2) is 0 Å². The first-order valence-corrected chi connectivity index (χ1v) is 4.40. The van der Waals surface area contributed by atoms with E-state index in [1.54, 1.807) is 20.8 Å². The molecule has 80 valence electrons. The maximum atomic E-state index is 11.2. The molecule has 14 heavy (non-hydrogen) atoms. The molecule has 0 unspecified atom stereocenters. The fourth-order valence-electron chi connectivity index (χ4n) is 0.597. The van der Waals surface area contributed by atoms with E-state index in [-0.39, 0.29) is 5.88 Å². The second kappa shape index (κ2) is 4.95. The van der Waals surface area contributed by atoms with Gasteiger partial charge in [0.1, 0.15) is 11.4 Å². The highest BCUT2D eigenvalue weighted by Crippen LogP contribution is 2.14. The van der Waals surface area contributed by atoms with Gasteiger partial charge in [-0.2, -0.15) is 0 Å². The fraction of sp³-hybridized carbons (Fsp3) is 0.625. The minimum absolute atomic E-state index is 0.361. The Balaban J connectivity index is 4.74. The molecule has 0 fully saturated rings. The molecule has 0 saturated heterocycles. The van der Waals surface area contributed by atoms with Gasteiger partial charge in [-0.3, -0.25) is 0 Å². The average Bonchev–Trinajstić information content (AvgIpc) is 2.01. The van der Waals surface area contributed by atoms with Crippen LogP contribution in [0.5, 0.6) is 0 Å². The summed E-state index contributed by atoms with van der Waals surface area (Å²) in [5, 5.41) is 11.4. The van der Waals surface area contributed by atoms with Crippen molar-refractivity contribution < 1.29 is 14.6 Å². The van der Waals surface area contributed by atoms with Crippen molar-refractivity contribution in [3.63, 3.8) is 0 Å². The molecule has 0 saturated carbocycles. The molecule has 0 aliphatic heterocycles. The predicted octanol–water partition coefficient (Wildman–Crippen LogP) is 2.10. The molecule has 0 heterocycles. The number of alkyl halides is 1. The van der Waals surface area contributed by atoms with Crippen molar-refractivity contribution in [1.82, 2.24) is 0 Å². The Kier molecular flexibility index (Phi) is 4.56. The molecule has 1 N–H and O–H groups in total. The largest absolute Gasteiger partial charge is 0.508 e. The van der Waals surface area contributed by atoms with Crippen molar-refractivity contribution in [1.29, 1.82) is 0 Å². The summed E-state index contributed by atoms with van der Waals surface area (Å²) in [5.41, 5.74) is -1.44. The number of allylic oxidation sites excluding steroid dienone is 1. The molecule has 0 aliphatic carbocycles. The molecule has 0 amide bonds. The van der Waals surface area contributed by atoms with Crippen molar-refractivity contribution in [2.24, 2.45) is 5.18 Å². The van der Waals surface area contributed by atoms with Crippen molar-refractivity contribution in [3.8, 4) is 0 Å². The van der Waals surface area contributed by atoms with E-state index in [1.165, 1.54) is 0 Å². The van der Waals surface area contributed by atoms with E-state index in [2.05, 4.69) is 5.18 Å². The third kappa shape index (κ3) is 4.23. The molecule has 6 heteroatoms. The zero-order chi connectivity index (χ0) is 11.4. The third-order valence-corrected chi connectivity index (χ3v) is 1.34. The minimum Gasteiger partial charge on any atom is -0.508 e. The van der Waals surface area contributed by atoms with Gasteiger partial charge in [0.25, 0.3) is 0 Å². The maximum Gasteiger partial charge on any atom is 0.364 e. The van der Waals surface area contributed by atoms with Gasteiger partial charge in [0.05, 0.1) is 5.88 Å². The Morgan fingerprint density at radius 3 is 2.29 bits per heavy atom. The number of nitrogens with zero attached hydrogens (tertiary/aromatic N) is 1. The van der Waals surface area contributed by atoms with Crippen LogP contribution in [0.2, 0.25) is 0 Å². The third-order valence-electron chi connectivity index (χ3n) is 1.08. The lowest BCUT2D eigenvalue weighted by molar-refractivity contribution is -0.150. The molecule has 0 atom stereocenters. The Bertz CT molecular complexity index is 267. The zero-order valence-corrected chi connectivity index (χ0v) is 8.96. The average molecular weight is 222 g/mol. The lowest BCUT2D eigenvalue weighted by Gasteiger charge is -2.18. The summed E-state index contributed by atoms with van der Waals surface area (Å²) in [6.07, 6.45) is 0.